The number of amides is 1. The summed E-state index contributed by atoms with van der Waals surface area (Å²) >= 11 is 0. The van der Waals surface area contributed by atoms with Gasteiger partial charge in [0.2, 0.25) is 5.91 Å². The SMILES string of the molecule is CCC(CC)N(CCO)C(=O)CC1CCCCCC1. The van der Waals surface area contributed by atoms with E-state index in [1.54, 1.807) is 0 Å². The number of rotatable bonds is 7. The second-order valence-electron chi connectivity index (χ2n) is 5.84. The van der Waals surface area contributed by atoms with Crippen LogP contribution in [0.2, 0.25) is 0 Å². The van der Waals surface area contributed by atoms with Crippen LogP contribution in [0.15, 0.2) is 0 Å². The van der Waals surface area contributed by atoms with E-state index in [0.29, 0.717) is 24.9 Å². The Morgan fingerprint density at radius 2 is 1.74 bits per heavy atom. The maximum absolute atomic E-state index is 12.5. The Bertz CT molecular complexity index is 243. The molecule has 0 saturated heterocycles. The summed E-state index contributed by atoms with van der Waals surface area (Å²) in [5, 5.41) is 9.18. The van der Waals surface area contributed by atoms with Crippen molar-refractivity contribution in [3.63, 3.8) is 0 Å². The fourth-order valence-corrected chi connectivity index (χ4v) is 3.28. The largest absolute Gasteiger partial charge is 0.395 e. The van der Waals surface area contributed by atoms with Crippen molar-refractivity contribution in [1.29, 1.82) is 0 Å². The van der Waals surface area contributed by atoms with Gasteiger partial charge < -0.3 is 10.0 Å². The van der Waals surface area contributed by atoms with Gasteiger partial charge in [0, 0.05) is 19.0 Å². The first kappa shape index (κ1) is 16.5. The van der Waals surface area contributed by atoms with Gasteiger partial charge in [0.05, 0.1) is 6.61 Å². The van der Waals surface area contributed by atoms with Gasteiger partial charge in [0.1, 0.15) is 0 Å². The van der Waals surface area contributed by atoms with E-state index in [9.17, 15) is 9.90 Å². The lowest BCUT2D eigenvalue weighted by Crippen LogP contribution is -2.42. The van der Waals surface area contributed by atoms with Crippen molar-refractivity contribution in [2.45, 2.75) is 77.7 Å². The van der Waals surface area contributed by atoms with Gasteiger partial charge in [-0.3, -0.25) is 4.79 Å². The summed E-state index contributed by atoms with van der Waals surface area (Å²) in [6, 6.07) is 0.297. The number of hydrogen-bond donors (Lipinski definition) is 1. The maximum atomic E-state index is 12.5. The second kappa shape index (κ2) is 9.35. The lowest BCUT2D eigenvalue weighted by molar-refractivity contribution is -0.135. The maximum Gasteiger partial charge on any atom is 0.223 e. The number of hydrogen-bond acceptors (Lipinski definition) is 2. The number of aliphatic hydroxyl groups is 1. The van der Waals surface area contributed by atoms with Gasteiger partial charge in [-0.1, -0.05) is 39.5 Å². The monoisotopic (exact) mass is 269 g/mol. The van der Waals surface area contributed by atoms with Crippen LogP contribution >= 0.6 is 0 Å². The first-order valence-electron chi connectivity index (χ1n) is 8.13. The second-order valence-corrected chi connectivity index (χ2v) is 5.84. The number of carbonyl (C=O) groups excluding carboxylic acids is 1. The van der Waals surface area contributed by atoms with Gasteiger partial charge in [-0.2, -0.15) is 0 Å². The first-order chi connectivity index (χ1) is 9.22. The van der Waals surface area contributed by atoms with Crippen LogP contribution in [-0.2, 0) is 4.79 Å². The molecule has 1 amide bonds. The summed E-state index contributed by atoms with van der Waals surface area (Å²) in [6.45, 7) is 4.82. The minimum Gasteiger partial charge on any atom is -0.395 e. The zero-order valence-electron chi connectivity index (χ0n) is 12.7. The van der Waals surface area contributed by atoms with Gasteiger partial charge in [-0.15, -0.1) is 0 Å². The molecule has 112 valence electrons. The minimum atomic E-state index is 0.0763. The van der Waals surface area contributed by atoms with E-state index in [2.05, 4.69) is 13.8 Å². The van der Waals surface area contributed by atoms with Crippen LogP contribution in [0.25, 0.3) is 0 Å². The molecule has 0 aromatic carbocycles. The predicted molar refractivity (Wildman–Crippen MR) is 79.0 cm³/mol. The molecule has 1 saturated carbocycles. The van der Waals surface area contributed by atoms with E-state index in [4.69, 9.17) is 0 Å². The lowest BCUT2D eigenvalue weighted by atomic mass is 9.95. The smallest absolute Gasteiger partial charge is 0.223 e. The zero-order valence-corrected chi connectivity index (χ0v) is 12.7. The van der Waals surface area contributed by atoms with Crippen molar-refractivity contribution in [2.24, 2.45) is 5.92 Å². The highest BCUT2D eigenvalue weighted by Crippen LogP contribution is 2.26. The molecule has 0 bridgehead atoms. The molecule has 3 nitrogen and oxygen atoms in total. The van der Waals surface area contributed by atoms with E-state index in [1.807, 2.05) is 4.90 Å². The molecule has 19 heavy (non-hydrogen) atoms. The van der Waals surface area contributed by atoms with Gasteiger partial charge in [-0.05, 0) is 31.6 Å². The zero-order chi connectivity index (χ0) is 14.1. The average molecular weight is 269 g/mol. The van der Waals surface area contributed by atoms with E-state index < -0.39 is 0 Å². The van der Waals surface area contributed by atoms with Crippen molar-refractivity contribution in [1.82, 2.24) is 4.90 Å². The molecule has 1 rings (SSSR count). The van der Waals surface area contributed by atoms with Crippen LogP contribution in [0.5, 0.6) is 0 Å². The van der Waals surface area contributed by atoms with Gasteiger partial charge in [0.15, 0.2) is 0 Å². The molecular weight excluding hydrogens is 238 g/mol. The van der Waals surface area contributed by atoms with Crippen LogP contribution in [0.3, 0.4) is 0 Å². The van der Waals surface area contributed by atoms with E-state index >= 15 is 0 Å². The Hall–Kier alpha value is -0.570. The summed E-state index contributed by atoms with van der Waals surface area (Å²) < 4.78 is 0. The van der Waals surface area contributed by atoms with Crippen LogP contribution < -0.4 is 0 Å². The molecular formula is C16H31NO2. The van der Waals surface area contributed by atoms with E-state index in [-0.39, 0.29) is 12.5 Å². The summed E-state index contributed by atoms with van der Waals surface area (Å²) in [5.74, 6) is 0.834. The minimum absolute atomic E-state index is 0.0763. The van der Waals surface area contributed by atoms with Gasteiger partial charge in [0.25, 0.3) is 0 Å². The predicted octanol–water partition coefficient (Wildman–Crippen LogP) is 3.36. The quantitative estimate of drug-likeness (QED) is 0.720. The topological polar surface area (TPSA) is 40.5 Å². The molecule has 1 N–H and O–H groups in total. The summed E-state index contributed by atoms with van der Waals surface area (Å²) in [6.07, 6.45) is 10.3. The van der Waals surface area contributed by atoms with Crippen molar-refractivity contribution >= 4 is 5.91 Å². The number of nitrogens with zero attached hydrogens (tertiary/aromatic N) is 1. The Morgan fingerprint density at radius 1 is 1.16 bits per heavy atom. The Morgan fingerprint density at radius 3 is 2.21 bits per heavy atom. The molecule has 0 unspecified atom stereocenters. The third kappa shape index (κ3) is 5.52. The van der Waals surface area contributed by atoms with Crippen LogP contribution in [0.4, 0.5) is 0 Å². The van der Waals surface area contributed by atoms with Crippen molar-refractivity contribution in [3.8, 4) is 0 Å². The molecule has 0 radical (unpaired) electrons. The molecule has 1 aliphatic carbocycles. The van der Waals surface area contributed by atoms with Crippen LogP contribution in [0, 0.1) is 5.92 Å². The highest BCUT2D eigenvalue weighted by Gasteiger charge is 2.24. The van der Waals surface area contributed by atoms with Gasteiger partial charge >= 0.3 is 0 Å². The van der Waals surface area contributed by atoms with Crippen molar-refractivity contribution in [2.75, 3.05) is 13.2 Å². The molecule has 0 aliphatic heterocycles. The van der Waals surface area contributed by atoms with Crippen molar-refractivity contribution < 1.29 is 9.90 Å². The van der Waals surface area contributed by atoms with E-state index in [1.165, 1.54) is 38.5 Å². The molecule has 1 fully saturated rings. The third-order valence-electron chi connectivity index (χ3n) is 4.48. The Balaban J connectivity index is 2.54. The molecule has 0 spiro atoms. The van der Waals surface area contributed by atoms with Crippen LogP contribution in [0.1, 0.15) is 71.6 Å². The Kier molecular flexibility index (Phi) is 8.11. The number of carbonyl (C=O) groups is 1. The molecule has 3 heteroatoms. The molecule has 1 aliphatic rings. The fourth-order valence-electron chi connectivity index (χ4n) is 3.28. The lowest BCUT2D eigenvalue weighted by Gasteiger charge is -2.31. The highest BCUT2D eigenvalue weighted by atomic mass is 16.3. The van der Waals surface area contributed by atoms with Crippen LogP contribution in [-0.4, -0.2) is 35.1 Å². The van der Waals surface area contributed by atoms with Gasteiger partial charge in [-0.25, -0.2) is 0 Å². The summed E-state index contributed by atoms with van der Waals surface area (Å²) in [5.41, 5.74) is 0. The standard InChI is InChI=1S/C16H31NO2/c1-3-15(4-2)17(11-12-18)16(19)13-14-9-7-5-6-8-10-14/h14-15,18H,3-13H2,1-2H3. The molecule has 0 aromatic rings. The first-order valence-corrected chi connectivity index (χ1v) is 8.13. The van der Waals surface area contributed by atoms with Crippen molar-refractivity contribution in [3.05, 3.63) is 0 Å². The molecule has 0 aromatic heterocycles. The molecule has 0 heterocycles. The normalized spacial score (nSPS) is 17.5. The highest BCUT2D eigenvalue weighted by molar-refractivity contribution is 5.76. The van der Waals surface area contributed by atoms with E-state index in [0.717, 1.165) is 12.8 Å². The average Bonchev–Trinajstić information content (AvgIpc) is 2.67. The third-order valence-corrected chi connectivity index (χ3v) is 4.48. The molecule has 0 atom stereocenters. The Labute approximate surface area is 118 Å². The fraction of sp³-hybridized carbons (Fsp3) is 0.938. The summed E-state index contributed by atoms with van der Waals surface area (Å²) in [4.78, 5) is 14.4. The summed E-state index contributed by atoms with van der Waals surface area (Å²) in [7, 11) is 0. The number of aliphatic hydroxyl groups excluding tert-OH is 1.